The standard InChI is InChI=1S/C29H20N2/c1-4-9-20-14-21(16-30)28-23-12-7-8-13-24(23)31-25-15-19-10-5-6-11-22(19)17(2)26(25)18(3)27(20)29(28)31/h4-15H,3H2,1-2H3/b9-4-. The second-order valence-corrected chi connectivity index (χ2v) is 8.17. The second kappa shape index (κ2) is 6.20. The van der Waals surface area contributed by atoms with Crippen molar-refractivity contribution in [1.82, 2.24) is 4.40 Å². The van der Waals surface area contributed by atoms with Gasteiger partial charge in [0, 0.05) is 21.5 Å². The van der Waals surface area contributed by atoms with E-state index < -0.39 is 0 Å². The first-order chi connectivity index (χ1) is 15.2. The summed E-state index contributed by atoms with van der Waals surface area (Å²) in [5.41, 5.74) is 6.33. The molecule has 4 aromatic carbocycles. The summed E-state index contributed by atoms with van der Waals surface area (Å²) in [4.78, 5) is 0. The number of nitriles is 1. The molecule has 2 heterocycles. The highest BCUT2D eigenvalue weighted by molar-refractivity contribution is 6.21. The Morgan fingerprint density at radius 2 is 1.65 bits per heavy atom. The molecule has 0 aliphatic heterocycles. The van der Waals surface area contributed by atoms with Gasteiger partial charge in [-0.15, -0.1) is 0 Å². The number of aryl methyl sites for hydroxylation is 1. The average molecular weight is 396 g/mol. The fraction of sp³-hybridized carbons (Fsp3) is 0.0690. The molecular formula is C29H20N2. The van der Waals surface area contributed by atoms with Crippen molar-refractivity contribution in [2.45, 2.75) is 13.8 Å². The smallest absolute Gasteiger partial charge is 0.0999 e. The summed E-state index contributed by atoms with van der Waals surface area (Å²) < 4.78 is 2.34. The summed E-state index contributed by atoms with van der Waals surface area (Å²) in [5, 5.41) is 17.9. The van der Waals surface area contributed by atoms with E-state index in [4.69, 9.17) is 0 Å². The summed E-state index contributed by atoms with van der Waals surface area (Å²) in [5.74, 6) is 0. The molecule has 2 aromatic heterocycles. The van der Waals surface area contributed by atoms with Gasteiger partial charge in [0.15, 0.2) is 0 Å². The molecule has 0 unspecified atom stereocenters. The lowest BCUT2D eigenvalue weighted by Crippen LogP contribution is -2.10. The van der Waals surface area contributed by atoms with E-state index in [0.29, 0.717) is 5.56 Å². The Bertz CT molecular complexity index is 1820. The van der Waals surface area contributed by atoms with Gasteiger partial charge in [-0.25, -0.2) is 0 Å². The maximum absolute atomic E-state index is 10.0. The van der Waals surface area contributed by atoms with Gasteiger partial charge >= 0.3 is 0 Å². The van der Waals surface area contributed by atoms with Gasteiger partial charge < -0.3 is 4.40 Å². The van der Waals surface area contributed by atoms with Crippen LogP contribution in [0.2, 0.25) is 0 Å². The maximum atomic E-state index is 10.0. The highest BCUT2D eigenvalue weighted by atomic mass is 14.9. The van der Waals surface area contributed by atoms with E-state index in [2.05, 4.69) is 78.6 Å². The van der Waals surface area contributed by atoms with Gasteiger partial charge in [-0.2, -0.15) is 5.26 Å². The Balaban J connectivity index is 2.09. The zero-order valence-electron chi connectivity index (χ0n) is 17.5. The third-order valence-electron chi connectivity index (χ3n) is 6.57. The van der Waals surface area contributed by atoms with Crippen molar-refractivity contribution in [2.75, 3.05) is 0 Å². The summed E-state index contributed by atoms with van der Waals surface area (Å²) in [7, 11) is 0. The first-order valence-electron chi connectivity index (χ1n) is 10.5. The summed E-state index contributed by atoms with van der Waals surface area (Å²) in [6.45, 7) is 8.79. The van der Waals surface area contributed by atoms with Crippen molar-refractivity contribution in [3.8, 4) is 6.07 Å². The average Bonchev–Trinajstić information content (AvgIpc) is 3.13. The Morgan fingerprint density at radius 3 is 2.42 bits per heavy atom. The number of rotatable bonds is 1. The largest absolute Gasteiger partial charge is 0.308 e. The Morgan fingerprint density at radius 1 is 0.903 bits per heavy atom. The van der Waals surface area contributed by atoms with Crippen LogP contribution in [0.5, 0.6) is 0 Å². The van der Waals surface area contributed by atoms with Crippen LogP contribution in [-0.2, 0) is 0 Å². The van der Waals surface area contributed by atoms with Gasteiger partial charge in [0.2, 0.25) is 0 Å². The fourth-order valence-corrected chi connectivity index (χ4v) is 5.35. The molecule has 0 aliphatic rings. The molecule has 2 heteroatoms. The van der Waals surface area contributed by atoms with E-state index in [0.717, 1.165) is 43.5 Å². The van der Waals surface area contributed by atoms with Gasteiger partial charge in [0.05, 0.1) is 28.2 Å². The van der Waals surface area contributed by atoms with Crippen molar-refractivity contribution >= 4 is 61.5 Å². The van der Waals surface area contributed by atoms with Gasteiger partial charge in [-0.3, -0.25) is 0 Å². The third kappa shape index (κ3) is 2.15. The molecule has 146 valence electrons. The number of para-hydroxylation sites is 1. The molecule has 0 fully saturated rings. The lowest BCUT2D eigenvalue weighted by molar-refractivity contribution is 1.33. The topological polar surface area (TPSA) is 28.2 Å². The molecule has 0 radical (unpaired) electrons. The van der Waals surface area contributed by atoms with Crippen LogP contribution in [0.15, 0.2) is 66.7 Å². The van der Waals surface area contributed by atoms with E-state index in [1.807, 2.05) is 25.1 Å². The SMILES string of the molecule is C=c1c2c(C)c3ccccc3cc2n2c3ccccc3c3c(C#N)cc(/C=C\C)c1c32. The fourth-order valence-electron chi connectivity index (χ4n) is 5.35. The number of nitrogens with zero attached hydrogens (tertiary/aromatic N) is 2. The van der Waals surface area contributed by atoms with Crippen molar-refractivity contribution in [2.24, 2.45) is 0 Å². The summed E-state index contributed by atoms with van der Waals surface area (Å²) in [6.07, 6.45) is 4.12. The van der Waals surface area contributed by atoms with E-state index in [1.54, 1.807) is 0 Å². The predicted molar refractivity (Wildman–Crippen MR) is 132 cm³/mol. The number of hydrogen-bond donors (Lipinski definition) is 0. The quantitative estimate of drug-likeness (QED) is 0.278. The number of fused-ring (bicyclic) bond motifs is 6. The monoisotopic (exact) mass is 396 g/mol. The van der Waals surface area contributed by atoms with Crippen LogP contribution in [0.3, 0.4) is 0 Å². The van der Waals surface area contributed by atoms with Crippen LogP contribution in [0, 0.1) is 18.3 Å². The van der Waals surface area contributed by atoms with Crippen molar-refractivity contribution in [3.63, 3.8) is 0 Å². The molecule has 0 saturated heterocycles. The van der Waals surface area contributed by atoms with Gasteiger partial charge in [-0.1, -0.05) is 61.2 Å². The van der Waals surface area contributed by atoms with Crippen LogP contribution in [-0.4, -0.2) is 4.40 Å². The molecule has 0 saturated carbocycles. The van der Waals surface area contributed by atoms with Gasteiger partial charge in [0.25, 0.3) is 0 Å². The molecule has 6 aromatic rings. The highest BCUT2D eigenvalue weighted by Gasteiger charge is 2.21. The molecule has 0 amide bonds. The van der Waals surface area contributed by atoms with Crippen molar-refractivity contribution in [1.29, 1.82) is 5.26 Å². The predicted octanol–water partition coefficient (Wildman–Crippen LogP) is 6.89. The molecule has 0 aliphatic carbocycles. The molecule has 0 atom stereocenters. The van der Waals surface area contributed by atoms with Crippen LogP contribution in [0.25, 0.3) is 61.5 Å². The number of hydrogen-bond acceptors (Lipinski definition) is 1. The Kier molecular flexibility index (Phi) is 3.55. The van der Waals surface area contributed by atoms with E-state index >= 15 is 0 Å². The molecule has 0 N–H and O–H groups in total. The number of pyridine rings is 1. The highest BCUT2D eigenvalue weighted by Crippen LogP contribution is 2.39. The minimum absolute atomic E-state index is 0.704. The molecular weight excluding hydrogens is 376 g/mol. The zero-order chi connectivity index (χ0) is 21.3. The lowest BCUT2D eigenvalue weighted by Gasteiger charge is -2.15. The van der Waals surface area contributed by atoms with Crippen LogP contribution in [0.1, 0.15) is 23.6 Å². The van der Waals surface area contributed by atoms with E-state index in [9.17, 15) is 5.26 Å². The zero-order valence-corrected chi connectivity index (χ0v) is 17.5. The van der Waals surface area contributed by atoms with Crippen molar-refractivity contribution in [3.05, 3.63) is 88.6 Å². The minimum atomic E-state index is 0.704. The van der Waals surface area contributed by atoms with E-state index in [-0.39, 0.29) is 0 Å². The van der Waals surface area contributed by atoms with Gasteiger partial charge in [0.1, 0.15) is 0 Å². The second-order valence-electron chi connectivity index (χ2n) is 8.17. The lowest BCUT2D eigenvalue weighted by atomic mass is 9.94. The van der Waals surface area contributed by atoms with Gasteiger partial charge in [-0.05, 0) is 59.2 Å². The van der Waals surface area contributed by atoms with Crippen molar-refractivity contribution < 1.29 is 0 Å². The Labute approximate surface area is 179 Å². The first-order valence-corrected chi connectivity index (χ1v) is 10.5. The molecule has 6 rings (SSSR count). The molecule has 0 spiro atoms. The van der Waals surface area contributed by atoms with Crippen LogP contribution in [0.4, 0.5) is 0 Å². The minimum Gasteiger partial charge on any atom is -0.308 e. The third-order valence-corrected chi connectivity index (χ3v) is 6.57. The number of aromatic nitrogens is 1. The Hall–Kier alpha value is -4.09. The summed E-state index contributed by atoms with van der Waals surface area (Å²) in [6, 6.07) is 23.7. The van der Waals surface area contributed by atoms with Crippen LogP contribution >= 0.6 is 0 Å². The molecule has 31 heavy (non-hydrogen) atoms. The number of allylic oxidation sites excluding steroid dienone is 1. The molecule has 0 bridgehead atoms. The summed E-state index contributed by atoms with van der Waals surface area (Å²) >= 11 is 0. The van der Waals surface area contributed by atoms with E-state index in [1.165, 1.54) is 21.7 Å². The van der Waals surface area contributed by atoms with Crippen LogP contribution < -0.4 is 5.22 Å². The first kappa shape index (κ1) is 17.7. The normalized spacial score (nSPS) is 12.2. The maximum Gasteiger partial charge on any atom is 0.0999 e. The molecule has 2 nitrogen and oxygen atoms in total. The number of benzene rings is 4.